The van der Waals surface area contributed by atoms with Crippen LogP contribution in [0.2, 0.25) is 0 Å². The van der Waals surface area contributed by atoms with Gasteiger partial charge in [-0.3, -0.25) is 19.3 Å². The fourth-order valence-corrected chi connectivity index (χ4v) is 6.08. The third-order valence-corrected chi connectivity index (χ3v) is 7.69. The van der Waals surface area contributed by atoms with E-state index in [-0.39, 0.29) is 34.0 Å². The zero-order valence-corrected chi connectivity index (χ0v) is 19.9. The highest BCUT2D eigenvalue weighted by atomic mass is 32.1. The predicted molar refractivity (Wildman–Crippen MR) is 136 cm³/mol. The van der Waals surface area contributed by atoms with E-state index >= 15 is 0 Å². The van der Waals surface area contributed by atoms with Gasteiger partial charge in [0.2, 0.25) is 5.76 Å². The van der Waals surface area contributed by atoms with Gasteiger partial charge in [0.1, 0.15) is 11.4 Å². The largest absolute Gasteiger partial charge is 0.450 e. The smallest absolute Gasteiger partial charge is 0.297 e. The molecule has 2 aliphatic rings. The summed E-state index contributed by atoms with van der Waals surface area (Å²) in [4.78, 5) is 49.6. The van der Waals surface area contributed by atoms with Gasteiger partial charge in [0.05, 0.1) is 23.2 Å². The summed E-state index contributed by atoms with van der Waals surface area (Å²) in [5, 5.41) is 2.19. The van der Waals surface area contributed by atoms with Crippen molar-refractivity contribution in [1.29, 1.82) is 0 Å². The van der Waals surface area contributed by atoms with Gasteiger partial charge in [-0.25, -0.2) is 9.37 Å². The number of amides is 2. The molecule has 1 spiro atoms. The standard InChI is InChI=1S/C28H16FN3O4S/c29-19-10-4-1-7-16(19)15-31-20-11-5-3-9-18(20)28(26(31)35)22-23(33)17-8-2-6-12-21(17)36-24(22)25(34)32(28)27-30-13-14-37-27/h1-14H,15H2. The average molecular weight is 510 g/mol. The summed E-state index contributed by atoms with van der Waals surface area (Å²) in [5.41, 5.74) is -0.917. The molecule has 1 atom stereocenters. The van der Waals surface area contributed by atoms with E-state index in [9.17, 15) is 18.8 Å². The molecule has 5 aromatic rings. The van der Waals surface area contributed by atoms with Gasteiger partial charge in [0, 0.05) is 22.7 Å². The number of hydrogen-bond donors (Lipinski definition) is 0. The van der Waals surface area contributed by atoms with E-state index in [1.165, 1.54) is 33.4 Å². The van der Waals surface area contributed by atoms with Crippen LogP contribution in [0.4, 0.5) is 15.2 Å². The molecule has 0 radical (unpaired) electrons. The van der Waals surface area contributed by atoms with Gasteiger partial charge in [0.25, 0.3) is 11.8 Å². The Bertz CT molecular complexity index is 1820. The maximum absolute atomic E-state index is 14.7. The van der Waals surface area contributed by atoms with Crippen molar-refractivity contribution in [3.05, 3.63) is 123 Å². The van der Waals surface area contributed by atoms with Crippen LogP contribution in [0, 0.1) is 5.82 Å². The molecule has 2 amide bonds. The van der Waals surface area contributed by atoms with Gasteiger partial charge in [-0.15, -0.1) is 11.3 Å². The van der Waals surface area contributed by atoms with Gasteiger partial charge in [-0.1, -0.05) is 48.5 Å². The molecular formula is C28H16FN3O4S. The van der Waals surface area contributed by atoms with E-state index in [1.807, 2.05) is 0 Å². The number of hydrogen-bond acceptors (Lipinski definition) is 6. The lowest BCUT2D eigenvalue weighted by molar-refractivity contribution is -0.121. The van der Waals surface area contributed by atoms with E-state index < -0.39 is 28.6 Å². The Labute approximate surface area is 213 Å². The zero-order valence-electron chi connectivity index (χ0n) is 19.1. The summed E-state index contributed by atoms with van der Waals surface area (Å²) in [6.07, 6.45) is 1.53. The molecule has 0 saturated carbocycles. The number of anilines is 2. The van der Waals surface area contributed by atoms with Crippen LogP contribution >= 0.6 is 11.3 Å². The third-order valence-electron chi connectivity index (χ3n) is 6.93. The first-order chi connectivity index (χ1) is 18.0. The van der Waals surface area contributed by atoms with Crippen molar-refractivity contribution in [2.24, 2.45) is 0 Å². The Hall–Kier alpha value is -4.63. The molecule has 0 fully saturated rings. The molecule has 0 bridgehead atoms. The van der Waals surface area contributed by atoms with Gasteiger partial charge >= 0.3 is 0 Å². The zero-order chi connectivity index (χ0) is 25.3. The van der Waals surface area contributed by atoms with Crippen LogP contribution in [0.1, 0.15) is 27.2 Å². The quantitative estimate of drug-likeness (QED) is 0.348. The van der Waals surface area contributed by atoms with Crippen LogP contribution < -0.4 is 15.2 Å². The monoisotopic (exact) mass is 509 g/mol. The molecule has 3 aromatic carbocycles. The molecule has 0 aliphatic carbocycles. The summed E-state index contributed by atoms with van der Waals surface area (Å²) < 4.78 is 20.7. The van der Waals surface area contributed by atoms with Crippen LogP contribution in [-0.2, 0) is 16.9 Å². The molecule has 37 heavy (non-hydrogen) atoms. The molecule has 0 N–H and O–H groups in total. The summed E-state index contributed by atoms with van der Waals surface area (Å²) >= 11 is 1.17. The first-order valence-corrected chi connectivity index (χ1v) is 12.4. The lowest BCUT2D eigenvalue weighted by Crippen LogP contribution is -2.53. The maximum Gasteiger partial charge on any atom is 0.297 e. The lowest BCUT2D eigenvalue weighted by Gasteiger charge is -2.32. The minimum atomic E-state index is -1.85. The second kappa shape index (κ2) is 7.68. The van der Waals surface area contributed by atoms with Crippen LogP contribution in [-0.4, -0.2) is 16.8 Å². The molecule has 2 aromatic heterocycles. The Kier molecular flexibility index (Phi) is 4.49. The average Bonchev–Trinajstić information content (AvgIpc) is 3.59. The van der Waals surface area contributed by atoms with Crippen LogP contribution in [0.25, 0.3) is 11.0 Å². The van der Waals surface area contributed by atoms with Gasteiger partial charge in [0.15, 0.2) is 16.1 Å². The minimum Gasteiger partial charge on any atom is -0.450 e. The normalized spacial score (nSPS) is 18.2. The van der Waals surface area contributed by atoms with E-state index in [2.05, 4.69) is 4.98 Å². The Morgan fingerprint density at radius 3 is 2.51 bits per heavy atom. The molecule has 1 unspecified atom stereocenters. The summed E-state index contributed by atoms with van der Waals surface area (Å²) in [7, 11) is 0. The number of carbonyl (C=O) groups excluding carboxylic acids is 2. The van der Waals surface area contributed by atoms with Crippen molar-refractivity contribution in [3.63, 3.8) is 0 Å². The van der Waals surface area contributed by atoms with Crippen LogP contribution in [0.5, 0.6) is 0 Å². The highest BCUT2D eigenvalue weighted by Gasteiger charge is 2.66. The van der Waals surface area contributed by atoms with Gasteiger partial charge < -0.3 is 9.32 Å². The van der Waals surface area contributed by atoms with Crippen LogP contribution in [0.15, 0.2) is 93.6 Å². The topological polar surface area (TPSA) is 83.7 Å². The van der Waals surface area contributed by atoms with Crippen molar-refractivity contribution in [3.8, 4) is 0 Å². The van der Waals surface area contributed by atoms with Crippen molar-refractivity contribution in [2.45, 2.75) is 12.1 Å². The highest BCUT2D eigenvalue weighted by Crippen LogP contribution is 2.54. The first kappa shape index (κ1) is 21.6. The molecular weight excluding hydrogens is 493 g/mol. The van der Waals surface area contributed by atoms with Gasteiger partial charge in [-0.05, 0) is 24.3 Å². The molecule has 2 aliphatic heterocycles. The number of aromatic nitrogens is 1. The fraction of sp³-hybridized carbons (Fsp3) is 0.0714. The minimum absolute atomic E-state index is 0.0557. The molecule has 9 heteroatoms. The van der Waals surface area contributed by atoms with Crippen molar-refractivity contribution in [2.75, 3.05) is 9.80 Å². The fourth-order valence-electron chi connectivity index (χ4n) is 5.39. The van der Waals surface area contributed by atoms with Crippen molar-refractivity contribution in [1.82, 2.24) is 4.98 Å². The molecule has 4 heterocycles. The summed E-state index contributed by atoms with van der Waals surface area (Å²) in [5.74, 6) is -1.85. The molecule has 0 saturated heterocycles. The van der Waals surface area contributed by atoms with E-state index in [1.54, 1.807) is 72.1 Å². The van der Waals surface area contributed by atoms with Gasteiger partial charge in [-0.2, -0.15) is 0 Å². The number of thiazole rings is 1. The predicted octanol–water partition coefficient (Wildman–Crippen LogP) is 4.84. The summed E-state index contributed by atoms with van der Waals surface area (Å²) in [6, 6.07) is 19.8. The number of halogens is 1. The third kappa shape index (κ3) is 2.74. The number of rotatable bonds is 3. The van der Waals surface area contributed by atoms with Crippen molar-refractivity contribution >= 4 is 44.9 Å². The lowest BCUT2D eigenvalue weighted by atomic mass is 9.84. The second-order valence-corrected chi connectivity index (χ2v) is 9.67. The van der Waals surface area contributed by atoms with E-state index in [4.69, 9.17) is 4.42 Å². The number of para-hydroxylation sites is 2. The number of fused-ring (bicyclic) bond motifs is 5. The molecule has 7 rings (SSSR count). The number of nitrogens with zero attached hydrogens (tertiary/aromatic N) is 3. The first-order valence-electron chi connectivity index (χ1n) is 11.5. The van der Waals surface area contributed by atoms with E-state index in [0.717, 1.165) is 0 Å². The SMILES string of the molecule is O=C1c2oc3ccccc3c(=O)c2C2(C(=O)N(Cc3ccccc3F)c3ccccc32)N1c1nccs1. The van der Waals surface area contributed by atoms with Crippen molar-refractivity contribution < 1.29 is 18.4 Å². The Morgan fingerprint density at radius 2 is 1.70 bits per heavy atom. The summed E-state index contributed by atoms with van der Waals surface area (Å²) in [6.45, 7) is -0.0849. The second-order valence-electron chi connectivity index (χ2n) is 8.80. The van der Waals surface area contributed by atoms with E-state index in [0.29, 0.717) is 16.8 Å². The van der Waals surface area contributed by atoms with Crippen LogP contribution in [0.3, 0.4) is 0 Å². The maximum atomic E-state index is 14.7. The number of carbonyl (C=O) groups is 2. The Balaban J connectivity index is 1.57. The molecule has 180 valence electrons. The highest BCUT2D eigenvalue weighted by molar-refractivity contribution is 7.13. The Morgan fingerprint density at radius 1 is 0.946 bits per heavy atom. The molecule has 7 nitrogen and oxygen atoms in total. The number of benzene rings is 3.